The zero-order chi connectivity index (χ0) is 16.5. The Balaban J connectivity index is 1.69. The summed E-state index contributed by atoms with van der Waals surface area (Å²) < 4.78 is 20.3. The van der Waals surface area contributed by atoms with Gasteiger partial charge in [-0.1, -0.05) is 0 Å². The van der Waals surface area contributed by atoms with Crippen LogP contribution in [0.4, 0.5) is 10.1 Å². The van der Waals surface area contributed by atoms with Crippen LogP contribution in [0.2, 0.25) is 0 Å². The van der Waals surface area contributed by atoms with Gasteiger partial charge in [0, 0.05) is 17.8 Å². The van der Waals surface area contributed by atoms with E-state index < -0.39 is 5.82 Å². The summed E-state index contributed by atoms with van der Waals surface area (Å²) in [5.74, 6) is 0.237. The van der Waals surface area contributed by atoms with E-state index in [1.54, 1.807) is 23.1 Å². The highest BCUT2D eigenvalue weighted by atomic mass is 19.1. The zero-order valence-corrected chi connectivity index (χ0v) is 12.5. The largest absolute Gasteiger partial charge is 0.489 e. The van der Waals surface area contributed by atoms with E-state index >= 15 is 0 Å². The number of halogens is 1. The molecule has 24 heavy (non-hydrogen) atoms. The Hall–Kier alpha value is -3.29. The SMILES string of the molecule is O=C(c1ccnc(-n2cncn2)c1)N1CCOc2cc(F)ccc21. The minimum Gasteiger partial charge on any atom is -0.489 e. The molecule has 3 heterocycles. The van der Waals surface area contributed by atoms with Gasteiger partial charge < -0.3 is 9.64 Å². The summed E-state index contributed by atoms with van der Waals surface area (Å²) in [5, 5.41) is 4.00. The van der Waals surface area contributed by atoms with Crippen LogP contribution in [-0.4, -0.2) is 38.8 Å². The molecule has 0 radical (unpaired) electrons. The van der Waals surface area contributed by atoms with Gasteiger partial charge in [-0.2, -0.15) is 5.10 Å². The van der Waals surface area contributed by atoms with Gasteiger partial charge in [0.1, 0.15) is 30.8 Å². The van der Waals surface area contributed by atoms with Crippen molar-refractivity contribution >= 4 is 11.6 Å². The maximum absolute atomic E-state index is 13.3. The number of amides is 1. The molecular formula is C16H12FN5O2. The van der Waals surface area contributed by atoms with E-state index in [1.165, 1.54) is 35.7 Å². The molecule has 1 aliphatic rings. The van der Waals surface area contributed by atoms with Crippen LogP contribution in [0.5, 0.6) is 5.75 Å². The summed E-state index contributed by atoms with van der Waals surface area (Å²) in [6, 6.07) is 7.39. The predicted octanol–water partition coefficient (Wildman–Crippen LogP) is 1.84. The van der Waals surface area contributed by atoms with E-state index in [2.05, 4.69) is 15.1 Å². The number of aromatic nitrogens is 4. The standard InChI is InChI=1S/C16H12FN5O2/c17-12-1-2-13-14(8-12)24-6-5-21(13)16(23)11-3-4-19-15(7-11)22-10-18-9-20-22/h1-4,7-10H,5-6H2. The van der Waals surface area contributed by atoms with Crippen molar-refractivity contribution < 1.29 is 13.9 Å². The highest BCUT2D eigenvalue weighted by molar-refractivity contribution is 6.07. The molecule has 0 unspecified atom stereocenters. The molecule has 7 nitrogen and oxygen atoms in total. The number of anilines is 1. The Labute approximate surface area is 136 Å². The lowest BCUT2D eigenvalue weighted by Crippen LogP contribution is -2.38. The highest BCUT2D eigenvalue weighted by Gasteiger charge is 2.25. The van der Waals surface area contributed by atoms with Crippen molar-refractivity contribution in [1.29, 1.82) is 0 Å². The van der Waals surface area contributed by atoms with Crippen LogP contribution in [0.3, 0.4) is 0 Å². The van der Waals surface area contributed by atoms with E-state index in [9.17, 15) is 9.18 Å². The summed E-state index contributed by atoms with van der Waals surface area (Å²) in [6.45, 7) is 0.696. The maximum atomic E-state index is 13.3. The molecule has 120 valence electrons. The minimum absolute atomic E-state index is 0.213. The molecular weight excluding hydrogens is 313 g/mol. The molecule has 1 aromatic carbocycles. The normalized spacial score (nSPS) is 13.3. The summed E-state index contributed by atoms with van der Waals surface area (Å²) in [4.78, 5) is 22.5. The van der Waals surface area contributed by atoms with Crippen molar-refractivity contribution in [2.75, 3.05) is 18.1 Å². The smallest absolute Gasteiger partial charge is 0.258 e. The van der Waals surface area contributed by atoms with Crippen molar-refractivity contribution in [3.05, 3.63) is 60.6 Å². The van der Waals surface area contributed by atoms with Crippen molar-refractivity contribution in [2.45, 2.75) is 0 Å². The molecule has 8 heteroatoms. The zero-order valence-electron chi connectivity index (χ0n) is 12.5. The number of ether oxygens (including phenoxy) is 1. The molecule has 0 bridgehead atoms. The van der Waals surface area contributed by atoms with E-state index in [1.807, 2.05) is 0 Å². The van der Waals surface area contributed by atoms with Crippen LogP contribution in [0.15, 0.2) is 49.2 Å². The lowest BCUT2D eigenvalue weighted by atomic mass is 10.1. The van der Waals surface area contributed by atoms with Gasteiger partial charge in [-0.3, -0.25) is 4.79 Å². The average molecular weight is 325 g/mol. The molecule has 0 spiro atoms. The molecule has 0 fully saturated rings. The Bertz CT molecular complexity index is 897. The Morgan fingerprint density at radius 3 is 3.00 bits per heavy atom. The van der Waals surface area contributed by atoms with Crippen LogP contribution < -0.4 is 9.64 Å². The number of fused-ring (bicyclic) bond motifs is 1. The first-order valence-electron chi connectivity index (χ1n) is 7.27. The fraction of sp³-hybridized carbons (Fsp3) is 0.125. The maximum Gasteiger partial charge on any atom is 0.258 e. The fourth-order valence-electron chi connectivity index (χ4n) is 2.56. The second-order valence-corrected chi connectivity index (χ2v) is 5.16. The minimum atomic E-state index is -0.402. The second kappa shape index (κ2) is 5.73. The number of rotatable bonds is 2. The molecule has 0 atom stereocenters. The van der Waals surface area contributed by atoms with Gasteiger partial charge >= 0.3 is 0 Å². The first kappa shape index (κ1) is 14.3. The van der Waals surface area contributed by atoms with Crippen molar-refractivity contribution in [2.24, 2.45) is 0 Å². The molecule has 2 aromatic heterocycles. The van der Waals surface area contributed by atoms with Crippen molar-refractivity contribution in [3.8, 4) is 11.6 Å². The second-order valence-electron chi connectivity index (χ2n) is 5.16. The first-order valence-corrected chi connectivity index (χ1v) is 7.27. The van der Waals surface area contributed by atoms with Gasteiger partial charge in [0.2, 0.25) is 0 Å². The third-order valence-corrected chi connectivity index (χ3v) is 3.68. The molecule has 1 amide bonds. The fourth-order valence-corrected chi connectivity index (χ4v) is 2.56. The molecule has 1 aliphatic heterocycles. The van der Waals surface area contributed by atoms with Crippen LogP contribution in [0.1, 0.15) is 10.4 Å². The number of carbonyl (C=O) groups excluding carboxylic acids is 1. The number of carbonyl (C=O) groups is 1. The highest BCUT2D eigenvalue weighted by Crippen LogP contribution is 2.33. The van der Waals surface area contributed by atoms with E-state index in [4.69, 9.17) is 4.74 Å². The van der Waals surface area contributed by atoms with Gasteiger partial charge in [-0.15, -0.1) is 0 Å². The van der Waals surface area contributed by atoms with Crippen LogP contribution in [0.25, 0.3) is 5.82 Å². The number of benzene rings is 1. The first-order chi connectivity index (χ1) is 11.7. The van der Waals surface area contributed by atoms with E-state index in [0.717, 1.165) is 0 Å². The Kier molecular flexibility index (Phi) is 3.42. The van der Waals surface area contributed by atoms with Crippen molar-refractivity contribution in [1.82, 2.24) is 19.7 Å². The number of hydrogen-bond donors (Lipinski definition) is 0. The lowest BCUT2D eigenvalue weighted by molar-refractivity contribution is 0.0976. The van der Waals surface area contributed by atoms with Gasteiger partial charge in [0.25, 0.3) is 5.91 Å². The molecule has 0 N–H and O–H groups in total. The average Bonchev–Trinajstić information content (AvgIpc) is 3.15. The van der Waals surface area contributed by atoms with Crippen LogP contribution in [-0.2, 0) is 0 Å². The molecule has 0 saturated carbocycles. The van der Waals surface area contributed by atoms with Crippen molar-refractivity contribution in [3.63, 3.8) is 0 Å². The predicted molar refractivity (Wildman–Crippen MR) is 82.7 cm³/mol. The topological polar surface area (TPSA) is 73.1 Å². The van der Waals surface area contributed by atoms with E-state index in [0.29, 0.717) is 36.0 Å². The third-order valence-electron chi connectivity index (χ3n) is 3.68. The summed E-state index contributed by atoms with van der Waals surface area (Å²) in [6.07, 6.45) is 4.43. The number of hydrogen-bond acceptors (Lipinski definition) is 5. The van der Waals surface area contributed by atoms with E-state index in [-0.39, 0.29) is 5.91 Å². The molecule has 0 saturated heterocycles. The molecule has 4 rings (SSSR count). The number of pyridine rings is 1. The van der Waals surface area contributed by atoms with Gasteiger partial charge in [0.15, 0.2) is 5.82 Å². The summed E-state index contributed by atoms with van der Waals surface area (Å²) in [5.41, 5.74) is 0.999. The Morgan fingerprint density at radius 1 is 1.25 bits per heavy atom. The monoisotopic (exact) mass is 325 g/mol. The van der Waals surface area contributed by atoms with Gasteiger partial charge in [-0.25, -0.2) is 19.0 Å². The Morgan fingerprint density at radius 2 is 2.17 bits per heavy atom. The summed E-state index contributed by atoms with van der Waals surface area (Å²) >= 11 is 0. The quantitative estimate of drug-likeness (QED) is 0.719. The third kappa shape index (κ3) is 2.47. The van der Waals surface area contributed by atoms with Gasteiger partial charge in [0.05, 0.1) is 12.2 Å². The molecule has 3 aromatic rings. The number of nitrogens with zero attached hydrogens (tertiary/aromatic N) is 5. The molecule has 0 aliphatic carbocycles. The summed E-state index contributed by atoms with van der Waals surface area (Å²) in [7, 11) is 0. The van der Waals surface area contributed by atoms with Crippen LogP contribution >= 0.6 is 0 Å². The lowest BCUT2D eigenvalue weighted by Gasteiger charge is -2.29. The van der Waals surface area contributed by atoms with Crippen LogP contribution in [0, 0.1) is 5.82 Å². The van der Waals surface area contributed by atoms with Gasteiger partial charge in [-0.05, 0) is 24.3 Å².